The van der Waals surface area contributed by atoms with Crippen molar-refractivity contribution in [3.63, 3.8) is 0 Å². The van der Waals surface area contributed by atoms with Crippen LogP contribution in [0.5, 0.6) is 0 Å². The number of ether oxygens (including phenoxy) is 1. The van der Waals surface area contributed by atoms with Crippen molar-refractivity contribution in [2.24, 2.45) is 17.8 Å². The van der Waals surface area contributed by atoms with Crippen LogP contribution in [0.2, 0.25) is 0 Å². The van der Waals surface area contributed by atoms with Gasteiger partial charge in [-0.3, -0.25) is 0 Å². The number of morpholine rings is 1. The zero-order valence-corrected chi connectivity index (χ0v) is 11.6. The molecule has 1 atom stereocenters. The summed E-state index contributed by atoms with van der Waals surface area (Å²) in [6.45, 7) is 1.53. The average molecular weight is 282 g/mol. The zero-order valence-electron chi connectivity index (χ0n) is 11.6. The molecule has 6 nitrogen and oxygen atoms in total. The lowest BCUT2D eigenvalue weighted by Gasteiger charge is -2.33. The number of aliphatic carboxylic acids is 1. The fraction of sp³-hybridized carbons (Fsp3) is 0.857. The maximum atomic E-state index is 12.2. The Kier molecular flexibility index (Phi) is 3.83. The van der Waals surface area contributed by atoms with E-state index in [1.54, 1.807) is 0 Å². The second-order valence-corrected chi connectivity index (χ2v) is 6.15. The monoisotopic (exact) mass is 282 g/mol. The molecule has 1 heterocycles. The molecule has 0 radical (unpaired) electrons. The largest absolute Gasteiger partial charge is 0.480 e. The minimum atomic E-state index is -0.999. The van der Waals surface area contributed by atoms with Gasteiger partial charge in [0.25, 0.3) is 0 Å². The molecular formula is C14H22N2O4. The molecule has 0 bridgehead atoms. The van der Waals surface area contributed by atoms with Crippen LogP contribution in [0.15, 0.2) is 0 Å². The van der Waals surface area contributed by atoms with E-state index in [1.165, 1.54) is 30.6 Å². The van der Waals surface area contributed by atoms with Crippen molar-refractivity contribution in [1.29, 1.82) is 0 Å². The van der Waals surface area contributed by atoms with E-state index in [0.717, 1.165) is 11.8 Å². The van der Waals surface area contributed by atoms with Crippen LogP contribution in [-0.2, 0) is 9.53 Å². The lowest BCUT2D eigenvalue weighted by atomic mass is 9.98. The Hall–Kier alpha value is -1.30. The van der Waals surface area contributed by atoms with Crippen molar-refractivity contribution < 1.29 is 19.4 Å². The first-order chi connectivity index (χ1) is 9.66. The molecule has 6 heteroatoms. The van der Waals surface area contributed by atoms with Gasteiger partial charge in [0.2, 0.25) is 0 Å². The number of hydrogen-bond donors (Lipinski definition) is 2. The van der Waals surface area contributed by atoms with Crippen molar-refractivity contribution in [1.82, 2.24) is 10.2 Å². The molecule has 3 fully saturated rings. The predicted octanol–water partition coefficient (Wildman–Crippen LogP) is 0.918. The van der Waals surface area contributed by atoms with Crippen molar-refractivity contribution in [2.75, 3.05) is 26.3 Å². The van der Waals surface area contributed by atoms with Gasteiger partial charge in [0.15, 0.2) is 6.04 Å². The molecule has 112 valence electrons. The molecule has 3 aliphatic rings. The fourth-order valence-corrected chi connectivity index (χ4v) is 3.13. The lowest BCUT2D eigenvalue weighted by molar-refractivity contribution is -0.147. The Bertz CT molecular complexity index is 381. The van der Waals surface area contributed by atoms with Crippen molar-refractivity contribution >= 4 is 12.0 Å². The van der Waals surface area contributed by atoms with Crippen LogP contribution in [0.1, 0.15) is 25.7 Å². The normalized spacial score (nSPS) is 26.6. The molecule has 3 rings (SSSR count). The van der Waals surface area contributed by atoms with Gasteiger partial charge in [-0.25, -0.2) is 9.59 Å². The third kappa shape index (κ3) is 3.06. The van der Waals surface area contributed by atoms with Crippen LogP contribution in [0, 0.1) is 17.8 Å². The summed E-state index contributed by atoms with van der Waals surface area (Å²) in [6.07, 6.45) is 5.14. The Morgan fingerprint density at radius 3 is 2.45 bits per heavy atom. The molecule has 1 aliphatic heterocycles. The van der Waals surface area contributed by atoms with Gasteiger partial charge in [0.1, 0.15) is 0 Å². The summed E-state index contributed by atoms with van der Waals surface area (Å²) in [4.78, 5) is 24.7. The number of carboxylic acids is 1. The molecule has 1 unspecified atom stereocenters. The Morgan fingerprint density at radius 2 is 1.90 bits per heavy atom. The van der Waals surface area contributed by atoms with E-state index in [-0.39, 0.29) is 12.6 Å². The maximum absolute atomic E-state index is 12.2. The number of rotatable bonds is 5. The van der Waals surface area contributed by atoms with E-state index in [0.29, 0.717) is 25.6 Å². The molecular weight excluding hydrogens is 260 g/mol. The molecule has 2 saturated carbocycles. The van der Waals surface area contributed by atoms with E-state index in [1.807, 2.05) is 0 Å². The fourth-order valence-electron chi connectivity index (χ4n) is 3.13. The number of amides is 2. The summed E-state index contributed by atoms with van der Waals surface area (Å²) in [5, 5.41) is 12.1. The molecule has 1 saturated heterocycles. The van der Waals surface area contributed by atoms with Crippen LogP contribution in [0.25, 0.3) is 0 Å². The maximum Gasteiger partial charge on any atom is 0.328 e. The van der Waals surface area contributed by atoms with E-state index >= 15 is 0 Å². The van der Waals surface area contributed by atoms with E-state index in [4.69, 9.17) is 9.84 Å². The smallest absolute Gasteiger partial charge is 0.328 e. The first kappa shape index (κ1) is 13.7. The van der Waals surface area contributed by atoms with Crippen molar-refractivity contribution in [3.05, 3.63) is 0 Å². The second-order valence-electron chi connectivity index (χ2n) is 6.15. The second kappa shape index (κ2) is 5.60. The minimum Gasteiger partial charge on any atom is -0.480 e. The summed E-state index contributed by atoms with van der Waals surface area (Å²) in [5.74, 6) is 1.16. The zero-order chi connectivity index (χ0) is 14.1. The summed E-state index contributed by atoms with van der Waals surface area (Å²) < 4.78 is 5.14. The van der Waals surface area contributed by atoms with Gasteiger partial charge < -0.3 is 20.1 Å². The summed E-state index contributed by atoms with van der Waals surface area (Å²) in [6, 6.07) is -1.11. The Balaban J connectivity index is 1.53. The highest BCUT2D eigenvalue weighted by atomic mass is 16.5. The van der Waals surface area contributed by atoms with E-state index in [2.05, 4.69) is 5.32 Å². The number of nitrogens with one attached hydrogen (secondary N) is 1. The molecule has 20 heavy (non-hydrogen) atoms. The van der Waals surface area contributed by atoms with Gasteiger partial charge in [0.05, 0.1) is 13.2 Å². The third-order valence-electron chi connectivity index (χ3n) is 4.62. The number of urea groups is 1. The lowest BCUT2D eigenvalue weighted by Crippen LogP contribution is -2.56. The molecule has 0 aromatic heterocycles. The third-order valence-corrected chi connectivity index (χ3v) is 4.62. The molecule has 2 amide bonds. The molecule has 0 spiro atoms. The van der Waals surface area contributed by atoms with Crippen molar-refractivity contribution in [2.45, 2.75) is 31.7 Å². The van der Waals surface area contributed by atoms with Crippen LogP contribution in [0.3, 0.4) is 0 Å². The molecule has 0 aromatic rings. The van der Waals surface area contributed by atoms with Gasteiger partial charge in [0, 0.05) is 13.1 Å². The number of carbonyl (C=O) groups excluding carboxylic acids is 1. The predicted molar refractivity (Wildman–Crippen MR) is 71.3 cm³/mol. The van der Waals surface area contributed by atoms with Gasteiger partial charge in [-0.05, 0) is 43.4 Å². The number of nitrogens with zero attached hydrogens (tertiary/aromatic N) is 1. The highest BCUT2D eigenvalue weighted by molar-refractivity contribution is 5.83. The van der Waals surface area contributed by atoms with Gasteiger partial charge in [-0.15, -0.1) is 0 Å². The van der Waals surface area contributed by atoms with Gasteiger partial charge in [-0.1, -0.05) is 0 Å². The highest BCUT2D eigenvalue weighted by Gasteiger charge is 2.42. The van der Waals surface area contributed by atoms with E-state index in [9.17, 15) is 9.59 Å². The van der Waals surface area contributed by atoms with Crippen LogP contribution in [0.4, 0.5) is 4.79 Å². The average Bonchev–Trinajstić information content (AvgIpc) is 3.31. The highest BCUT2D eigenvalue weighted by Crippen LogP contribution is 2.48. The quantitative estimate of drug-likeness (QED) is 0.786. The van der Waals surface area contributed by atoms with Crippen LogP contribution < -0.4 is 5.32 Å². The SMILES string of the molecule is O=C(O)C1COCCN1C(=O)NCC(C1CC1)C1CC1. The number of carbonyl (C=O) groups is 2. The molecule has 2 aliphatic carbocycles. The Morgan fingerprint density at radius 1 is 1.25 bits per heavy atom. The first-order valence-corrected chi connectivity index (χ1v) is 7.52. The van der Waals surface area contributed by atoms with Crippen LogP contribution in [-0.4, -0.2) is 54.4 Å². The van der Waals surface area contributed by atoms with Crippen LogP contribution >= 0.6 is 0 Å². The first-order valence-electron chi connectivity index (χ1n) is 7.52. The molecule has 2 N–H and O–H groups in total. The van der Waals surface area contributed by atoms with E-state index < -0.39 is 12.0 Å². The topological polar surface area (TPSA) is 78.9 Å². The number of hydrogen-bond acceptors (Lipinski definition) is 3. The van der Waals surface area contributed by atoms with Gasteiger partial charge >= 0.3 is 12.0 Å². The molecule has 0 aromatic carbocycles. The summed E-state index contributed by atoms with van der Waals surface area (Å²) >= 11 is 0. The Labute approximate surface area is 118 Å². The standard InChI is InChI=1S/C14H22N2O4/c17-13(18)12-8-20-6-5-16(12)14(19)15-7-11(9-1-2-9)10-3-4-10/h9-12H,1-8H2,(H,15,19)(H,17,18). The van der Waals surface area contributed by atoms with Gasteiger partial charge in [-0.2, -0.15) is 0 Å². The summed E-state index contributed by atoms with van der Waals surface area (Å²) in [7, 11) is 0. The van der Waals surface area contributed by atoms with Crippen molar-refractivity contribution in [3.8, 4) is 0 Å². The number of carboxylic acid groups (broad SMARTS) is 1. The summed E-state index contributed by atoms with van der Waals surface area (Å²) in [5.41, 5.74) is 0. The minimum absolute atomic E-state index is 0.0808.